The van der Waals surface area contributed by atoms with Crippen molar-refractivity contribution in [3.05, 3.63) is 12.2 Å². The topological polar surface area (TPSA) is 108 Å². The molecule has 8 heteroatoms. The maximum atomic E-state index is 10.3. The second-order valence-corrected chi connectivity index (χ2v) is 9.51. The number of aliphatic hydroxyl groups excluding tert-OH is 3. The SMILES string of the molecule is CCCCCCCCC=CCCCCCCCC(=O)O.OCCN1CN(CCO)CN(CCO)C1. The molecule has 208 valence electrons. The Morgan fingerprint density at radius 1 is 0.629 bits per heavy atom. The Balaban J connectivity index is 0.000000686. The number of unbranched alkanes of at least 4 members (excludes halogenated alkanes) is 11. The predicted octanol–water partition coefficient (Wildman–Crippen LogP) is 3.86. The zero-order valence-electron chi connectivity index (χ0n) is 22.5. The van der Waals surface area contributed by atoms with Gasteiger partial charge in [-0.2, -0.15) is 0 Å². The zero-order chi connectivity index (χ0) is 26.0. The smallest absolute Gasteiger partial charge is 0.303 e. The number of β-amino-alcohol motifs (C(OH)–C–C–N with tert-alkyl or cyclic N) is 3. The van der Waals surface area contributed by atoms with Crippen molar-refractivity contribution in [3.8, 4) is 0 Å². The van der Waals surface area contributed by atoms with Gasteiger partial charge in [-0.25, -0.2) is 0 Å². The molecule has 0 atom stereocenters. The van der Waals surface area contributed by atoms with Gasteiger partial charge in [0.25, 0.3) is 0 Å². The summed E-state index contributed by atoms with van der Waals surface area (Å²) < 4.78 is 0. The van der Waals surface area contributed by atoms with Gasteiger partial charge in [-0.15, -0.1) is 0 Å². The van der Waals surface area contributed by atoms with Crippen LogP contribution in [-0.4, -0.2) is 101 Å². The highest BCUT2D eigenvalue weighted by atomic mass is 16.4. The molecule has 1 aliphatic rings. The van der Waals surface area contributed by atoms with E-state index in [0.717, 1.165) is 32.8 Å². The third-order valence-corrected chi connectivity index (χ3v) is 6.10. The van der Waals surface area contributed by atoms with Gasteiger partial charge in [0.2, 0.25) is 0 Å². The summed E-state index contributed by atoms with van der Waals surface area (Å²) in [5, 5.41) is 35.1. The van der Waals surface area contributed by atoms with Crippen LogP contribution in [0, 0.1) is 0 Å². The third kappa shape index (κ3) is 23.1. The van der Waals surface area contributed by atoms with Gasteiger partial charge in [-0.1, -0.05) is 70.4 Å². The van der Waals surface area contributed by atoms with Crippen molar-refractivity contribution in [2.45, 2.75) is 96.8 Å². The normalized spacial score (nSPS) is 15.4. The lowest BCUT2D eigenvalue weighted by atomic mass is 10.1. The molecule has 0 saturated carbocycles. The maximum absolute atomic E-state index is 10.3. The fourth-order valence-corrected chi connectivity index (χ4v) is 4.18. The van der Waals surface area contributed by atoms with E-state index in [4.69, 9.17) is 20.4 Å². The highest BCUT2D eigenvalue weighted by Gasteiger charge is 2.21. The van der Waals surface area contributed by atoms with Gasteiger partial charge in [-0.3, -0.25) is 19.5 Å². The minimum atomic E-state index is -0.664. The Morgan fingerprint density at radius 2 is 1.00 bits per heavy atom. The van der Waals surface area contributed by atoms with E-state index in [1.165, 1.54) is 70.6 Å². The fourth-order valence-electron chi connectivity index (χ4n) is 4.18. The van der Waals surface area contributed by atoms with Gasteiger partial charge in [-0.05, 0) is 32.1 Å². The molecule has 1 aliphatic heterocycles. The van der Waals surface area contributed by atoms with E-state index in [9.17, 15) is 4.79 Å². The minimum Gasteiger partial charge on any atom is -0.481 e. The number of allylic oxidation sites excluding steroid dienone is 2. The first-order valence-electron chi connectivity index (χ1n) is 13.9. The zero-order valence-corrected chi connectivity index (χ0v) is 22.5. The van der Waals surface area contributed by atoms with Crippen LogP contribution in [0.2, 0.25) is 0 Å². The first kappa shape index (κ1) is 34.0. The molecule has 1 saturated heterocycles. The number of hydrogen-bond acceptors (Lipinski definition) is 7. The Hall–Kier alpha value is -1.03. The van der Waals surface area contributed by atoms with Crippen LogP contribution in [0.1, 0.15) is 96.8 Å². The number of carboxylic acids is 1. The minimum absolute atomic E-state index is 0.139. The molecule has 0 aliphatic carbocycles. The molecule has 35 heavy (non-hydrogen) atoms. The van der Waals surface area contributed by atoms with E-state index >= 15 is 0 Å². The van der Waals surface area contributed by atoms with Crippen LogP contribution in [0.25, 0.3) is 0 Å². The second-order valence-electron chi connectivity index (χ2n) is 9.51. The van der Waals surface area contributed by atoms with Crippen molar-refractivity contribution in [1.82, 2.24) is 14.7 Å². The summed E-state index contributed by atoms with van der Waals surface area (Å²) in [5.74, 6) is -0.664. The molecule has 0 spiro atoms. The van der Waals surface area contributed by atoms with Gasteiger partial charge in [0.05, 0.1) is 39.8 Å². The average molecular weight is 502 g/mol. The van der Waals surface area contributed by atoms with E-state index < -0.39 is 5.97 Å². The maximum Gasteiger partial charge on any atom is 0.303 e. The molecule has 0 aromatic carbocycles. The van der Waals surface area contributed by atoms with Crippen molar-refractivity contribution >= 4 is 5.97 Å². The van der Waals surface area contributed by atoms with Gasteiger partial charge in [0.15, 0.2) is 0 Å². The monoisotopic (exact) mass is 501 g/mol. The second kappa shape index (κ2) is 26.0. The number of rotatable bonds is 21. The lowest BCUT2D eigenvalue weighted by molar-refractivity contribution is -0.137. The van der Waals surface area contributed by atoms with Crippen molar-refractivity contribution in [1.29, 1.82) is 0 Å². The number of aliphatic hydroxyl groups is 3. The number of hydrogen-bond donors (Lipinski definition) is 4. The summed E-state index contributed by atoms with van der Waals surface area (Å²) >= 11 is 0. The molecule has 0 bridgehead atoms. The van der Waals surface area contributed by atoms with E-state index in [1.807, 2.05) is 0 Å². The van der Waals surface area contributed by atoms with Crippen molar-refractivity contribution < 1.29 is 25.2 Å². The lowest BCUT2D eigenvalue weighted by Crippen LogP contribution is -2.56. The molecule has 1 heterocycles. The Kier molecular flexibility index (Phi) is 25.3. The van der Waals surface area contributed by atoms with E-state index in [0.29, 0.717) is 26.1 Å². The first-order chi connectivity index (χ1) is 17.1. The summed E-state index contributed by atoms with van der Waals surface area (Å²) in [6.07, 6.45) is 21.2. The lowest BCUT2D eigenvalue weighted by Gasteiger charge is -2.41. The van der Waals surface area contributed by atoms with E-state index in [1.54, 1.807) is 0 Å². The predicted molar refractivity (Wildman–Crippen MR) is 143 cm³/mol. The number of aliphatic carboxylic acids is 1. The molecule has 4 N–H and O–H groups in total. The van der Waals surface area contributed by atoms with Gasteiger partial charge in [0, 0.05) is 26.1 Å². The largest absolute Gasteiger partial charge is 0.481 e. The molecule has 1 rings (SSSR count). The van der Waals surface area contributed by atoms with Crippen LogP contribution < -0.4 is 0 Å². The Morgan fingerprint density at radius 3 is 1.37 bits per heavy atom. The number of nitrogens with zero attached hydrogens (tertiary/aromatic N) is 3. The Bertz CT molecular complexity index is 459. The first-order valence-corrected chi connectivity index (χ1v) is 13.9. The van der Waals surface area contributed by atoms with Crippen LogP contribution >= 0.6 is 0 Å². The molecule has 0 amide bonds. The number of carbonyl (C=O) groups is 1. The van der Waals surface area contributed by atoms with E-state index in [-0.39, 0.29) is 19.8 Å². The molecule has 0 aromatic rings. The molecular weight excluding hydrogens is 446 g/mol. The average Bonchev–Trinajstić information content (AvgIpc) is 2.82. The van der Waals surface area contributed by atoms with Crippen LogP contribution in [0.4, 0.5) is 0 Å². The summed E-state index contributed by atoms with van der Waals surface area (Å²) in [7, 11) is 0. The van der Waals surface area contributed by atoms with Crippen molar-refractivity contribution in [2.24, 2.45) is 0 Å². The van der Waals surface area contributed by atoms with Gasteiger partial charge < -0.3 is 20.4 Å². The molecule has 8 nitrogen and oxygen atoms in total. The van der Waals surface area contributed by atoms with Crippen LogP contribution in [-0.2, 0) is 4.79 Å². The summed E-state index contributed by atoms with van der Waals surface area (Å²) in [6, 6.07) is 0. The molecule has 0 unspecified atom stereocenters. The van der Waals surface area contributed by atoms with Crippen LogP contribution in [0.5, 0.6) is 0 Å². The van der Waals surface area contributed by atoms with E-state index in [2.05, 4.69) is 33.8 Å². The van der Waals surface area contributed by atoms with Gasteiger partial charge in [0.1, 0.15) is 0 Å². The highest BCUT2D eigenvalue weighted by molar-refractivity contribution is 5.66. The summed E-state index contributed by atoms with van der Waals surface area (Å²) in [4.78, 5) is 16.6. The van der Waals surface area contributed by atoms with Gasteiger partial charge >= 0.3 is 5.97 Å². The van der Waals surface area contributed by atoms with Crippen LogP contribution in [0.3, 0.4) is 0 Å². The molecule has 0 radical (unpaired) electrons. The van der Waals surface area contributed by atoms with Crippen molar-refractivity contribution in [2.75, 3.05) is 59.5 Å². The third-order valence-electron chi connectivity index (χ3n) is 6.10. The quantitative estimate of drug-likeness (QED) is 0.139. The molecular formula is C27H55N3O5. The Labute approximate surface area is 214 Å². The standard InChI is InChI=1S/C18H34O2.C9H21N3O3/c1-2-3-4-5-6-7-8-9-10-11-12-13-14-15-16-17-18(19)20;13-4-1-10-7-11(2-5-14)9-12(8-10)3-6-15/h9-10H,2-8,11-17H2,1H3,(H,19,20);13-15H,1-9H2. The summed E-state index contributed by atoms with van der Waals surface area (Å²) in [5.41, 5.74) is 0. The highest BCUT2D eigenvalue weighted by Crippen LogP contribution is 2.10. The van der Waals surface area contributed by atoms with Crippen molar-refractivity contribution in [3.63, 3.8) is 0 Å². The molecule has 0 aromatic heterocycles. The summed E-state index contributed by atoms with van der Waals surface area (Å²) in [6.45, 7) is 6.86. The fraction of sp³-hybridized carbons (Fsp3) is 0.889. The van der Waals surface area contributed by atoms with Crippen LogP contribution in [0.15, 0.2) is 12.2 Å². The number of carboxylic acid groups (broad SMARTS) is 1. The molecule has 1 fully saturated rings.